The summed E-state index contributed by atoms with van der Waals surface area (Å²) in [4.78, 5) is 15.2. The topological polar surface area (TPSA) is 53.0 Å². The number of hydrogen-bond donors (Lipinski definition) is 0. The molecule has 4 heteroatoms. The highest BCUT2D eigenvalue weighted by atomic mass is 32.1. The van der Waals surface area contributed by atoms with E-state index >= 15 is 0 Å². The van der Waals surface area contributed by atoms with Crippen molar-refractivity contribution in [1.82, 2.24) is 4.98 Å². The normalized spacial score (nSPS) is 10.3. The second-order valence-corrected chi connectivity index (χ2v) is 4.56. The third kappa shape index (κ3) is 2.28. The summed E-state index contributed by atoms with van der Waals surface area (Å²) in [6.07, 6.45) is 0.666. The van der Waals surface area contributed by atoms with E-state index in [1.807, 2.05) is 30.3 Å². The van der Waals surface area contributed by atoms with Gasteiger partial charge in [0.25, 0.3) is 0 Å². The first kappa shape index (κ1) is 10.8. The van der Waals surface area contributed by atoms with Crippen molar-refractivity contribution in [3.8, 4) is 0 Å². The van der Waals surface area contributed by atoms with Gasteiger partial charge in [0.2, 0.25) is 0 Å². The van der Waals surface area contributed by atoms with Crippen LogP contribution in [0.15, 0.2) is 30.3 Å². The number of aryl methyl sites for hydroxylation is 1. The van der Waals surface area contributed by atoms with E-state index < -0.39 is 5.97 Å². The Kier molecular flexibility index (Phi) is 3.01. The Labute approximate surface area is 97.4 Å². The van der Waals surface area contributed by atoms with Gasteiger partial charge in [0.05, 0.1) is 21.5 Å². The van der Waals surface area contributed by atoms with E-state index in [-0.39, 0.29) is 4.88 Å². The molecule has 0 N–H and O–H groups in total. The van der Waals surface area contributed by atoms with Gasteiger partial charge in [-0.25, -0.2) is 4.98 Å². The lowest BCUT2D eigenvalue weighted by molar-refractivity contribution is -0.254. The Bertz CT molecular complexity index is 505. The van der Waals surface area contributed by atoms with Gasteiger partial charge in [-0.2, -0.15) is 0 Å². The largest absolute Gasteiger partial charge is 0.544 e. The number of nitrogens with zero attached hydrogens (tertiary/aromatic N) is 1. The van der Waals surface area contributed by atoms with Crippen LogP contribution in [-0.4, -0.2) is 11.0 Å². The molecule has 0 aliphatic carbocycles. The maximum Gasteiger partial charge on any atom is 0.0978 e. The molecule has 0 aliphatic rings. The van der Waals surface area contributed by atoms with Gasteiger partial charge in [-0.3, -0.25) is 0 Å². The van der Waals surface area contributed by atoms with Crippen LogP contribution in [0, 0.1) is 6.92 Å². The van der Waals surface area contributed by atoms with Crippen LogP contribution < -0.4 is 5.11 Å². The average molecular weight is 232 g/mol. The summed E-state index contributed by atoms with van der Waals surface area (Å²) in [6.45, 7) is 1.69. The molecule has 3 nitrogen and oxygen atoms in total. The third-order valence-electron chi connectivity index (χ3n) is 2.22. The summed E-state index contributed by atoms with van der Waals surface area (Å²) in [6, 6.07) is 9.85. The molecule has 1 heterocycles. The molecule has 0 fully saturated rings. The minimum Gasteiger partial charge on any atom is -0.544 e. The smallest absolute Gasteiger partial charge is 0.0978 e. The fraction of sp³-hybridized carbons (Fsp3) is 0.167. The zero-order valence-corrected chi connectivity index (χ0v) is 9.58. The van der Waals surface area contributed by atoms with Crippen LogP contribution in [0.3, 0.4) is 0 Å². The van der Waals surface area contributed by atoms with Gasteiger partial charge in [0.15, 0.2) is 0 Å². The van der Waals surface area contributed by atoms with E-state index in [2.05, 4.69) is 4.98 Å². The van der Waals surface area contributed by atoms with Gasteiger partial charge in [-0.1, -0.05) is 30.3 Å². The van der Waals surface area contributed by atoms with Crippen LogP contribution in [0.25, 0.3) is 0 Å². The first-order valence-electron chi connectivity index (χ1n) is 4.88. The predicted molar refractivity (Wildman–Crippen MR) is 60.4 cm³/mol. The van der Waals surface area contributed by atoms with Crippen molar-refractivity contribution in [2.75, 3.05) is 0 Å². The van der Waals surface area contributed by atoms with Crippen molar-refractivity contribution < 1.29 is 9.90 Å². The van der Waals surface area contributed by atoms with E-state index in [0.717, 1.165) is 10.6 Å². The number of carbonyl (C=O) groups excluding carboxylic acids is 1. The minimum absolute atomic E-state index is 0.228. The van der Waals surface area contributed by atoms with Gasteiger partial charge in [0.1, 0.15) is 0 Å². The molecule has 0 unspecified atom stereocenters. The fourth-order valence-electron chi connectivity index (χ4n) is 1.49. The van der Waals surface area contributed by atoms with Gasteiger partial charge < -0.3 is 9.90 Å². The van der Waals surface area contributed by atoms with E-state index in [9.17, 15) is 9.90 Å². The van der Waals surface area contributed by atoms with Gasteiger partial charge in [0, 0.05) is 6.42 Å². The molecule has 82 valence electrons. The lowest BCUT2D eigenvalue weighted by Gasteiger charge is -1.96. The number of aromatic nitrogens is 1. The molecular weight excluding hydrogens is 222 g/mol. The monoisotopic (exact) mass is 232 g/mol. The molecule has 1 aromatic heterocycles. The van der Waals surface area contributed by atoms with Crippen molar-refractivity contribution in [2.24, 2.45) is 0 Å². The zero-order valence-electron chi connectivity index (χ0n) is 8.77. The number of carboxylic acid groups (broad SMARTS) is 1. The van der Waals surface area contributed by atoms with Crippen LogP contribution in [0.2, 0.25) is 0 Å². The van der Waals surface area contributed by atoms with E-state index in [4.69, 9.17) is 0 Å². The van der Waals surface area contributed by atoms with Gasteiger partial charge >= 0.3 is 0 Å². The maximum absolute atomic E-state index is 10.7. The maximum atomic E-state index is 10.7. The first-order valence-corrected chi connectivity index (χ1v) is 5.70. The molecule has 0 atom stereocenters. The van der Waals surface area contributed by atoms with Crippen molar-refractivity contribution in [1.29, 1.82) is 0 Å². The number of hydrogen-bond acceptors (Lipinski definition) is 4. The molecule has 1 aromatic carbocycles. The van der Waals surface area contributed by atoms with E-state index in [0.29, 0.717) is 12.1 Å². The van der Waals surface area contributed by atoms with Crippen LogP contribution >= 0.6 is 11.3 Å². The highest BCUT2D eigenvalue weighted by molar-refractivity contribution is 7.13. The Morgan fingerprint density at radius 3 is 2.62 bits per heavy atom. The molecule has 0 saturated heterocycles. The standard InChI is InChI=1S/C12H11NO2S/c1-8-11(12(14)15)16-10(13-8)7-9-5-3-2-4-6-9/h2-6H,7H2,1H3,(H,14,15)/p-1. The third-order valence-corrected chi connectivity index (χ3v) is 3.36. The fourth-order valence-corrected chi connectivity index (χ4v) is 2.42. The first-order chi connectivity index (χ1) is 7.66. The van der Waals surface area contributed by atoms with Crippen LogP contribution in [0.5, 0.6) is 0 Å². The van der Waals surface area contributed by atoms with Gasteiger partial charge in [-0.15, -0.1) is 11.3 Å². The lowest BCUT2D eigenvalue weighted by Crippen LogP contribution is -2.21. The van der Waals surface area contributed by atoms with E-state index in [1.165, 1.54) is 11.3 Å². The summed E-state index contributed by atoms with van der Waals surface area (Å²) in [5, 5.41) is 11.6. The molecule has 16 heavy (non-hydrogen) atoms. The number of carboxylic acids is 1. The average Bonchev–Trinajstić information content (AvgIpc) is 2.61. The summed E-state index contributed by atoms with van der Waals surface area (Å²) in [5.74, 6) is -1.14. The highest BCUT2D eigenvalue weighted by Crippen LogP contribution is 2.19. The minimum atomic E-state index is -1.14. The molecule has 0 radical (unpaired) electrons. The molecular formula is C12H10NO2S-. The van der Waals surface area contributed by atoms with Crippen LogP contribution in [-0.2, 0) is 6.42 Å². The molecule has 0 saturated carbocycles. The number of rotatable bonds is 3. The summed E-state index contributed by atoms with van der Waals surface area (Å²) in [7, 11) is 0. The molecule has 0 spiro atoms. The van der Waals surface area contributed by atoms with Crippen LogP contribution in [0.1, 0.15) is 25.9 Å². The zero-order chi connectivity index (χ0) is 11.5. The van der Waals surface area contributed by atoms with Crippen molar-refractivity contribution in [3.05, 3.63) is 51.5 Å². The summed E-state index contributed by atoms with van der Waals surface area (Å²) >= 11 is 1.19. The SMILES string of the molecule is Cc1nc(Cc2ccccc2)sc1C(=O)[O-]. The Hall–Kier alpha value is -1.68. The van der Waals surface area contributed by atoms with Crippen LogP contribution in [0.4, 0.5) is 0 Å². The van der Waals surface area contributed by atoms with Gasteiger partial charge in [-0.05, 0) is 12.5 Å². The van der Waals surface area contributed by atoms with E-state index in [1.54, 1.807) is 6.92 Å². The number of aromatic carboxylic acids is 1. The molecule has 2 rings (SSSR count). The summed E-state index contributed by atoms with van der Waals surface area (Å²) < 4.78 is 0. The predicted octanol–water partition coefficient (Wildman–Crippen LogP) is 1.41. The lowest BCUT2D eigenvalue weighted by atomic mass is 10.2. The Morgan fingerprint density at radius 1 is 1.38 bits per heavy atom. The summed E-state index contributed by atoms with van der Waals surface area (Å²) in [5.41, 5.74) is 1.66. The number of benzene rings is 1. The Balaban J connectivity index is 2.23. The van der Waals surface area contributed by atoms with Crippen molar-refractivity contribution in [2.45, 2.75) is 13.3 Å². The molecule has 0 amide bonds. The Morgan fingerprint density at radius 2 is 2.06 bits per heavy atom. The molecule has 0 aliphatic heterocycles. The second kappa shape index (κ2) is 4.45. The molecule has 2 aromatic rings. The van der Waals surface area contributed by atoms with Crippen molar-refractivity contribution >= 4 is 17.3 Å². The van der Waals surface area contributed by atoms with Crippen molar-refractivity contribution in [3.63, 3.8) is 0 Å². The second-order valence-electron chi connectivity index (χ2n) is 3.47. The quantitative estimate of drug-likeness (QED) is 0.804. The molecule has 0 bridgehead atoms. The number of thiazole rings is 1. The highest BCUT2D eigenvalue weighted by Gasteiger charge is 2.08. The number of carbonyl (C=O) groups is 1.